The number of hydrogen-bond donors (Lipinski definition) is 1. The van der Waals surface area contributed by atoms with E-state index < -0.39 is 0 Å². The zero-order valence-electron chi connectivity index (χ0n) is 18.7. The van der Waals surface area contributed by atoms with Crippen molar-refractivity contribution in [1.82, 2.24) is 14.9 Å². The lowest BCUT2D eigenvalue weighted by molar-refractivity contribution is 0.0623. The van der Waals surface area contributed by atoms with Gasteiger partial charge in [0.25, 0.3) is 11.8 Å². The molecule has 2 atom stereocenters. The van der Waals surface area contributed by atoms with E-state index in [0.717, 1.165) is 30.6 Å². The van der Waals surface area contributed by atoms with Crippen LogP contribution in [-0.4, -0.2) is 39.8 Å². The molecule has 2 heterocycles. The number of aryl methyl sites for hydroxylation is 1. The molecule has 1 saturated heterocycles. The Labute approximate surface area is 188 Å². The summed E-state index contributed by atoms with van der Waals surface area (Å²) >= 11 is 0. The number of anilines is 1. The average Bonchev–Trinajstić information content (AvgIpc) is 2.80. The van der Waals surface area contributed by atoms with Crippen LogP contribution in [0.25, 0.3) is 11.4 Å². The molecular weight excluding hydrogens is 400 g/mol. The molecule has 1 aromatic heterocycles. The van der Waals surface area contributed by atoms with Gasteiger partial charge in [-0.25, -0.2) is 9.97 Å². The lowest BCUT2D eigenvalue weighted by Crippen LogP contribution is -2.42. The fourth-order valence-electron chi connectivity index (χ4n) is 4.28. The molecule has 32 heavy (non-hydrogen) atoms. The molecule has 0 radical (unpaired) electrons. The third-order valence-corrected chi connectivity index (χ3v) is 5.83. The summed E-state index contributed by atoms with van der Waals surface area (Å²) in [5.41, 5.74) is 3.34. The number of nitrogens with zero attached hydrogens (tertiary/aromatic N) is 3. The van der Waals surface area contributed by atoms with Crippen LogP contribution in [0.1, 0.15) is 46.5 Å². The molecule has 2 aromatic carbocycles. The lowest BCUT2D eigenvalue weighted by Gasteiger charge is -2.35. The number of amides is 2. The maximum atomic E-state index is 13.1. The van der Waals surface area contributed by atoms with E-state index in [2.05, 4.69) is 29.1 Å². The Morgan fingerprint density at radius 2 is 1.59 bits per heavy atom. The second kappa shape index (κ2) is 9.30. The van der Waals surface area contributed by atoms with Gasteiger partial charge in [0.05, 0.1) is 5.56 Å². The molecule has 0 bridgehead atoms. The predicted octanol–water partition coefficient (Wildman–Crippen LogP) is 4.82. The van der Waals surface area contributed by atoms with E-state index in [4.69, 9.17) is 0 Å². The number of hydrogen-bond acceptors (Lipinski definition) is 4. The number of carbonyl (C=O) groups is 2. The first-order chi connectivity index (χ1) is 15.4. The van der Waals surface area contributed by atoms with E-state index in [0.29, 0.717) is 34.5 Å². The number of likely N-dealkylation sites (tertiary alicyclic amines) is 1. The van der Waals surface area contributed by atoms with Crippen LogP contribution >= 0.6 is 0 Å². The summed E-state index contributed by atoms with van der Waals surface area (Å²) in [5, 5.41) is 2.91. The van der Waals surface area contributed by atoms with E-state index in [1.165, 1.54) is 12.4 Å². The standard InChI is InChI=1S/C26H28N4O2/c1-17-11-18(2)16-30(15-17)26(32)21-10-9-19(3)23(12-21)29-25(31)22-13-27-24(28-14-22)20-7-5-4-6-8-20/h4-10,12-14,17-18H,11,15-16H2,1-3H3,(H,29,31). The Kier molecular flexibility index (Phi) is 6.30. The van der Waals surface area contributed by atoms with Gasteiger partial charge in [-0.05, 0) is 42.9 Å². The van der Waals surface area contributed by atoms with Crippen LogP contribution in [0.5, 0.6) is 0 Å². The molecule has 1 aliphatic heterocycles. The van der Waals surface area contributed by atoms with Crippen molar-refractivity contribution < 1.29 is 9.59 Å². The molecular formula is C26H28N4O2. The van der Waals surface area contributed by atoms with Gasteiger partial charge in [-0.3, -0.25) is 9.59 Å². The van der Waals surface area contributed by atoms with Crippen LogP contribution in [0, 0.1) is 18.8 Å². The Hall–Kier alpha value is -3.54. The van der Waals surface area contributed by atoms with Gasteiger partial charge >= 0.3 is 0 Å². The fraction of sp³-hybridized carbons (Fsp3) is 0.308. The summed E-state index contributed by atoms with van der Waals surface area (Å²) in [4.78, 5) is 36.4. The van der Waals surface area contributed by atoms with Crippen molar-refractivity contribution in [2.75, 3.05) is 18.4 Å². The van der Waals surface area contributed by atoms with E-state index >= 15 is 0 Å². The van der Waals surface area contributed by atoms with Crippen LogP contribution in [-0.2, 0) is 0 Å². The van der Waals surface area contributed by atoms with E-state index in [-0.39, 0.29) is 11.8 Å². The summed E-state index contributed by atoms with van der Waals surface area (Å²) in [7, 11) is 0. The maximum Gasteiger partial charge on any atom is 0.258 e. The first-order valence-electron chi connectivity index (χ1n) is 11.0. The number of aromatic nitrogens is 2. The molecule has 0 spiro atoms. The summed E-state index contributed by atoms with van der Waals surface area (Å²) in [6.07, 6.45) is 4.18. The van der Waals surface area contributed by atoms with Gasteiger partial charge < -0.3 is 10.2 Å². The molecule has 1 N–H and O–H groups in total. The van der Waals surface area contributed by atoms with Crippen LogP contribution in [0.4, 0.5) is 5.69 Å². The van der Waals surface area contributed by atoms with Crippen molar-refractivity contribution in [3.05, 3.63) is 77.6 Å². The van der Waals surface area contributed by atoms with Crippen molar-refractivity contribution in [2.45, 2.75) is 27.2 Å². The molecule has 2 unspecified atom stereocenters. The average molecular weight is 429 g/mol. The van der Waals surface area contributed by atoms with Gasteiger partial charge in [-0.1, -0.05) is 50.2 Å². The largest absolute Gasteiger partial charge is 0.338 e. The van der Waals surface area contributed by atoms with E-state index in [9.17, 15) is 9.59 Å². The highest BCUT2D eigenvalue weighted by Crippen LogP contribution is 2.24. The molecule has 1 fully saturated rings. The predicted molar refractivity (Wildman–Crippen MR) is 125 cm³/mol. The van der Waals surface area contributed by atoms with Crippen molar-refractivity contribution in [2.24, 2.45) is 11.8 Å². The molecule has 0 saturated carbocycles. The number of piperidine rings is 1. The molecule has 4 rings (SSSR count). The maximum absolute atomic E-state index is 13.1. The van der Waals surface area contributed by atoms with Gasteiger partial charge in [0, 0.05) is 42.3 Å². The quantitative estimate of drug-likeness (QED) is 0.646. The highest BCUT2D eigenvalue weighted by Gasteiger charge is 2.26. The van der Waals surface area contributed by atoms with Crippen LogP contribution in [0.15, 0.2) is 60.9 Å². The van der Waals surface area contributed by atoms with Gasteiger partial charge in [-0.15, -0.1) is 0 Å². The molecule has 2 amide bonds. The highest BCUT2D eigenvalue weighted by atomic mass is 16.2. The van der Waals surface area contributed by atoms with Crippen LogP contribution < -0.4 is 5.32 Å². The van der Waals surface area contributed by atoms with Crippen LogP contribution in [0.3, 0.4) is 0 Å². The summed E-state index contributed by atoms with van der Waals surface area (Å²) in [5.74, 6) is 1.25. The second-order valence-corrected chi connectivity index (χ2v) is 8.80. The van der Waals surface area contributed by atoms with Gasteiger partial charge in [0.2, 0.25) is 0 Å². The third kappa shape index (κ3) is 4.85. The number of carbonyl (C=O) groups excluding carboxylic acids is 2. The minimum Gasteiger partial charge on any atom is -0.338 e. The van der Waals surface area contributed by atoms with Crippen molar-refractivity contribution in [1.29, 1.82) is 0 Å². The molecule has 3 aromatic rings. The minimum atomic E-state index is -0.308. The monoisotopic (exact) mass is 428 g/mol. The zero-order valence-corrected chi connectivity index (χ0v) is 18.7. The first kappa shape index (κ1) is 21.7. The molecule has 0 aliphatic carbocycles. The lowest BCUT2D eigenvalue weighted by atomic mass is 9.91. The number of nitrogens with one attached hydrogen (secondary N) is 1. The van der Waals surface area contributed by atoms with Crippen molar-refractivity contribution in [3.8, 4) is 11.4 Å². The zero-order chi connectivity index (χ0) is 22.7. The molecule has 1 aliphatic rings. The molecule has 6 heteroatoms. The Morgan fingerprint density at radius 3 is 2.25 bits per heavy atom. The minimum absolute atomic E-state index is 0.00875. The summed E-state index contributed by atoms with van der Waals surface area (Å²) < 4.78 is 0. The van der Waals surface area contributed by atoms with Gasteiger partial charge in [-0.2, -0.15) is 0 Å². The second-order valence-electron chi connectivity index (χ2n) is 8.80. The van der Waals surface area contributed by atoms with Gasteiger partial charge in [0.15, 0.2) is 5.82 Å². The third-order valence-electron chi connectivity index (χ3n) is 5.83. The van der Waals surface area contributed by atoms with E-state index in [1.54, 1.807) is 6.07 Å². The fourth-order valence-corrected chi connectivity index (χ4v) is 4.28. The Balaban J connectivity index is 1.49. The molecule has 6 nitrogen and oxygen atoms in total. The normalized spacial score (nSPS) is 18.3. The SMILES string of the molecule is Cc1ccc(C(=O)N2CC(C)CC(C)C2)cc1NC(=O)c1cnc(-c2ccccc2)nc1. The smallest absolute Gasteiger partial charge is 0.258 e. The van der Waals surface area contributed by atoms with Gasteiger partial charge in [0.1, 0.15) is 0 Å². The number of benzene rings is 2. The van der Waals surface area contributed by atoms with E-state index in [1.807, 2.05) is 54.3 Å². The van der Waals surface area contributed by atoms with Crippen molar-refractivity contribution >= 4 is 17.5 Å². The topological polar surface area (TPSA) is 75.2 Å². The van der Waals surface area contributed by atoms with Crippen molar-refractivity contribution in [3.63, 3.8) is 0 Å². The Morgan fingerprint density at radius 1 is 0.938 bits per heavy atom. The first-order valence-corrected chi connectivity index (χ1v) is 11.0. The Bertz CT molecular complexity index is 1100. The highest BCUT2D eigenvalue weighted by molar-refractivity contribution is 6.05. The summed E-state index contributed by atoms with van der Waals surface area (Å²) in [6.45, 7) is 7.81. The number of rotatable bonds is 4. The van der Waals surface area contributed by atoms with Crippen LogP contribution in [0.2, 0.25) is 0 Å². The molecule has 164 valence electrons. The summed E-state index contributed by atoms with van der Waals surface area (Å²) in [6, 6.07) is 15.1.